The number of aromatic nitrogens is 3. The number of nitrogens with zero attached hydrogens (tertiary/aromatic N) is 2. The first-order valence-corrected chi connectivity index (χ1v) is 5.47. The number of hydrogen-bond acceptors (Lipinski definition) is 3. The molecular weight excluding hydrogens is 236 g/mol. The van der Waals surface area contributed by atoms with E-state index in [4.69, 9.17) is 17.3 Å². The van der Waals surface area contributed by atoms with Crippen molar-refractivity contribution < 1.29 is 0 Å². The van der Waals surface area contributed by atoms with Gasteiger partial charge in [-0.25, -0.2) is 4.98 Å². The highest BCUT2D eigenvalue weighted by molar-refractivity contribution is 6.35. The molecule has 0 fully saturated rings. The number of pyridine rings is 1. The van der Waals surface area contributed by atoms with Gasteiger partial charge in [0.2, 0.25) is 0 Å². The predicted octanol–water partition coefficient (Wildman–Crippen LogP) is 2.86. The predicted molar refractivity (Wildman–Crippen MR) is 68.7 cm³/mol. The lowest BCUT2D eigenvalue weighted by Crippen LogP contribution is -1.91. The molecule has 3 rings (SSSR count). The van der Waals surface area contributed by atoms with Gasteiger partial charge in [-0.2, -0.15) is 5.10 Å². The summed E-state index contributed by atoms with van der Waals surface area (Å²) in [7, 11) is 0. The summed E-state index contributed by atoms with van der Waals surface area (Å²) in [5.74, 6) is 0.421. The Labute approximate surface area is 102 Å². The van der Waals surface area contributed by atoms with Gasteiger partial charge in [-0.1, -0.05) is 23.7 Å². The lowest BCUT2D eigenvalue weighted by atomic mass is 10.1. The van der Waals surface area contributed by atoms with E-state index in [9.17, 15) is 0 Å². The zero-order chi connectivity index (χ0) is 11.8. The Bertz CT molecular complexity index is 676. The molecule has 0 aliphatic carbocycles. The number of halogens is 1. The molecule has 0 bridgehead atoms. The number of nitrogens with two attached hydrogens (primary N) is 1. The van der Waals surface area contributed by atoms with Crippen LogP contribution in [0.5, 0.6) is 0 Å². The van der Waals surface area contributed by atoms with E-state index in [1.165, 1.54) is 0 Å². The highest BCUT2D eigenvalue weighted by Crippen LogP contribution is 2.27. The Kier molecular flexibility index (Phi) is 2.23. The van der Waals surface area contributed by atoms with Gasteiger partial charge in [-0.15, -0.1) is 0 Å². The molecule has 2 aromatic heterocycles. The number of nitrogen functional groups attached to an aromatic ring is 1. The van der Waals surface area contributed by atoms with E-state index in [1.807, 2.05) is 24.3 Å². The van der Waals surface area contributed by atoms with Crippen molar-refractivity contribution >= 4 is 28.3 Å². The maximum atomic E-state index is 6.10. The van der Waals surface area contributed by atoms with E-state index in [0.717, 1.165) is 22.2 Å². The van der Waals surface area contributed by atoms with Crippen molar-refractivity contribution in [1.29, 1.82) is 0 Å². The summed E-state index contributed by atoms with van der Waals surface area (Å²) < 4.78 is 0. The van der Waals surface area contributed by atoms with Crippen LogP contribution in [0.25, 0.3) is 22.2 Å². The SMILES string of the molecule is Nc1cc(Cl)c2ccc(-c3ccn[nH]3)cc2n1. The van der Waals surface area contributed by atoms with E-state index in [2.05, 4.69) is 15.2 Å². The fourth-order valence-electron chi connectivity index (χ4n) is 1.79. The van der Waals surface area contributed by atoms with Crippen molar-refractivity contribution in [3.05, 3.63) is 41.6 Å². The molecule has 0 atom stereocenters. The number of aromatic amines is 1. The Balaban J connectivity index is 2.26. The fraction of sp³-hybridized carbons (Fsp3) is 0. The van der Waals surface area contributed by atoms with Gasteiger partial charge in [0, 0.05) is 17.1 Å². The molecule has 0 aliphatic rings. The lowest BCUT2D eigenvalue weighted by molar-refractivity contribution is 1.10. The van der Waals surface area contributed by atoms with Crippen LogP contribution < -0.4 is 5.73 Å². The van der Waals surface area contributed by atoms with Crippen molar-refractivity contribution in [2.75, 3.05) is 5.73 Å². The molecule has 0 unspecified atom stereocenters. The summed E-state index contributed by atoms with van der Waals surface area (Å²) in [6.45, 7) is 0. The molecule has 3 N–H and O–H groups in total. The first kappa shape index (κ1) is 10.1. The van der Waals surface area contributed by atoms with Crippen LogP contribution in [0.2, 0.25) is 5.02 Å². The maximum absolute atomic E-state index is 6.10. The molecule has 0 radical (unpaired) electrons. The number of fused-ring (bicyclic) bond motifs is 1. The summed E-state index contributed by atoms with van der Waals surface area (Å²) in [6, 6.07) is 9.39. The van der Waals surface area contributed by atoms with Crippen LogP contribution >= 0.6 is 11.6 Å². The molecule has 0 amide bonds. The van der Waals surface area contributed by atoms with Gasteiger partial charge in [0.25, 0.3) is 0 Å². The fourth-order valence-corrected chi connectivity index (χ4v) is 2.06. The molecule has 0 saturated carbocycles. The summed E-state index contributed by atoms with van der Waals surface area (Å²) in [5.41, 5.74) is 8.40. The minimum atomic E-state index is 0.421. The van der Waals surface area contributed by atoms with Crippen LogP contribution in [0, 0.1) is 0 Å². The Morgan fingerprint density at radius 1 is 1.18 bits per heavy atom. The highest BCUT2D eigenvalue weighted by Gasteiger charge is 2.05. The zero-order valence-corrected chi connectivity index (χ0v) is 9.57. The van der Waals surface area contributed by atoms with Crippen LogP contribution in [-0.4, -0.2) is 15.2 Å². The van der Waals surface area contributed by atoms with E-state index in [1.54, 1.807) is 12.3 Å². The molecule has 0 saturated heterocycles. The monoisotopic (exact) mass is 244 g/mol. The standard InChI is InChI=1S/C12H9ClN4/c13-9-6-12(14)16-11-5-7(1-2-8(9)11)10-3-4-15-17-10/h1-6H,(H2,14,16)(H,15,17). The van der Waals surface area contributed by atoms with Crippen LogP contribution in [0.15, 0.2) is 36.5 Å². The van der Waals surface area contributed by atoms with Gasteiger partial charge >= 0.3 is 0 Å². The second-order valence-electron chi connectivity index (χ2n) is 3.73. The van der Waals surface area contributed by atoms with Crippen molar-refractivity contribution in [1.82, 2.24) is 15.2 Å². The molecular formula is C12H9ClN4. The second-order valence-corrected chi connectivity index (χ2v) is 4.14. The van der Waals surface area contributed by atoms with E-state index in [0.29, 0.717) is 10.8 Å². The summed E-state index contributed by atoms with van der Waals surface area (Å²) in [6.07, 6.45) is 1.71. The molecule has 2 heterocycles. The smallest absolute Gasteiger partial charge is 0.125 e. The largest absolute Gasteiger partial charge is 0.384 e. The quantitative estimate of drug-likeness (QED) is 0.692. The summed E-state index contributed by atoms with van der Waals surface area (Å²) >= 11 is 6.10. The first-order chi connectivity index (χ1) is 8.24. The number of rotatable bonds is 1. The first-order valence-electron chi connectivity index (χ1n) is 5.09. The molecule has 0 spiro atoms. The normalized spacial score (nSPS) is 10.9. The van der Waals surface area contributed by atoms with Gasteiger partial charge in [0.05, 0.1) is 16.2 Å². The van der Waals surface area contributed by atoms with Crippen molar-refractivity contribution in [2.24, 2.45) is 0 Å². The topological polar surface area (TPSA) is 67.6 Å². The number of H-pyrrole nitrogens is 1. The third-order valence-corrected chi connectivity index (χ3v) is 2.90. The Morgan fingerprint density at radius 2 is 2.06 bits per heavy atom. The average Bonchev–Trinajstić information content (AvgIpc) is 2.81. The van der Waals surface area contributed by atoms with E-state index < -0.39 is 0 Å². The minimum Gasteiger partial charge on any atom is -0.384 e. The van der Waals surface area contributed by atoms with Crippen LogP contribution in [0.3, 0.4) is 0 Å². The Hall–Kier alpha value is -2.07. The lowest BCUT2D eigenvalue weighted by Gasteiger charge is -2.04. The molecule has 84 valence electrons. The molecule has 0 aliphatic heterocycles. The van der Waals surface area contributed by atoms with Crippen molar-refractivity contribution in [3.8, 4) is 11.3 Å². The van der Waals surface area contributed by atoms with Gasteiger partial charge in [0.1, 0.15) is 5.82 Å². The average molecular weight is 245 g/mol. The van der Waals surface area contributed by atoms with Crippen molar-refractivity contribution in [2.45, 2.75) is 0 Å². The van der Waals surface area contributed by atoms with E-state index in [-0.39, 0.29) is 0 Å². The van der Waals surface area contributed by atoms with Gasteiger partial charge in [-0.05, 0) is 18.2 Å². The van der Waals surface area contributed by atoms with Crippen LogP contribution in [0.1, 0.15) is 0 Å². The number of hydrogen-bond donors (Lipinski definition) is 2. The molecule has 17 heavy (non-hydrogen) atoms. The third-order valence-electron chi connectivity index (χ3n) is 2.59. The minimum absolute atomic E-state index is 0.421. The van der Waals surface area contributed by atoms with Crippen molar-refractivity contribution in [3.63, 3.8) is 0 Å². The number of anilines is 1. The number of nitrogens with one attached hydrogen (secondary N) is 1. The Morgan fingerprint density at radius 3 is 2.82 bits per heavy atom. The highest BCUT2D eigenvalue weighted by atomic mass is 35.5. The maximum Gasteiger partial charge on any atom is 0.125 e. The molecule has 4 nitrogen and oxygen atoms in total. The molecule has 1 aromatic carbocycles. The second kappa shape index (κ2) is 3.75. The zero-order valence-electron chi connectivity index (χ0n) is 8.81. The number of benzene rings is 1. The summed E-state index contributed by atoms with van der Waals surface area (Å²) in [5, 5.41) is 8.33. The summed E-state index contributed by atoms with van der Waals surface area (Å²) in [4.78, 5) is 4.27. The van der Waals surface area contributed by atoms with Crippen LogP contribution in [-0.2, 0) is 0 Å². The third kappa shape index (κ3) is 1.72. The van der Waals surface area contributed by atoms with Crippen LogP contribution in [0.4, 0.5) is 5.82 Å². The molecule has 3 aromatic rings. The van der Waals surface area contributed by atoms with Gasteiger partial charge in [0.15, 0.2) is 0 Å². The van der Waals surface area contributed by atoms with E-state index >= 15 is 0 Å². The van der Waals surface area contributed by atoms with Gasteiger partial charge in [-0.3, -0.25) is 5.10 Å². The van der Waals surface area contributed by atoms with Gasteiger partial charge < -0.3 is 5.73 Å². The molecule has 5 heteroatoms.